The van der Waals surface area contributed by atoms with Crippen LogP contribution in [0, 0.1) is 0 Å². The van der Waals surface area contributed by atoms with Crippen LogP contribution in [0.3, 0.4) is 0 Å². The first-order valence-corrected chi connectivity index (χ1v) is 6.95. The van der Waals surface area contributed by atoms with Crippen LogP contribution in [-0.2, 0) is 11.3 Å². The van der Waals surface area contributed by atoms with Crippen molar-refractivity contribution in [2.45, 2.75) is 50.6 Å². The van der Waals surface area contributed by atoms with Crippen LogP contribution in [-0.4, -0.2) is 28.5 Å². The van der Waals surface area contributed by atoms with Gasteiger partial charge in [-0.3, -0.25) is 4.79 Å². The molecule has 5 nitrogen and oxygen atoms in total. The maximum Gasteiger partial charge on any atom is 0.222 e. The van der Waals surface area contributed by atoms with E-state index in [4.69, 9.17) is 0 Å². The van der Waals surface area contributed by atoms with E-state index < -0.39 is 0 Å². The molecule has 2 N–H and O–H groups in total. The standard InChI is InChI=1S/C14H22N4O/c1-15-14(6-3-2-4-7-14)9-13(19)17-10-12-5-8-16-11-18-12/h5,8,11,15H,2-4,6-7,9-10H2,1H3,(H,17,19). The van der Waals surface area contributed by atoms with E-state index in [1.54, 1.807) is 6.20 Å². The SMILES string of the molecule is CNC1(CC(=O)NCc2ccncn2)CCCCC1. The molecule has 2 rings (SSSR count). The van der Waals surface area contributed by atoms with Gasteiger partial charge in [-0.1, -0.05) is 19.3 Å². The highest BCUT2D eigenvalue weighted by atomic mass is 16.1. The van der Waals surface area contributed by atoms with Gasteiger partial charge in [0.1, 0.15) is 6.33 Å². The lowest BCUT2D eigenvalue weighted by atomic mass is 9.79. The van der Waals surface area contributed by atoms with Crippen molar-refractivity contribution in [1.29, 1.82) is 0 Å². The van der Waals surface area contributed by atoms with Crippen molar-refractivity contribution in [2.24, 2.45) is 0 Å². The molecule has 1 fully saturated rings. The van der Waals surface area contributed by atoms with Gasteiger partial charge in [0.25, 0.3) is 0 Å². The molecule has 1 saturated carbocycles. The maximum absolute atomic E-state index is 12.1. The number of hydrogen-bond acceptors (Lipinski definition) is 4. The zero-order chi connectivity index (χ0) is 13.6. The van der Waals surface area contributed by atoms with Gasteiger partial charge in [0, 0.05) is 18.2 Å². The largest absolute Gasteiger partial charge is 0.350 e. The fourth-order valence-electron chi connectivity index (χ4n) is 2.73. The van der Waals surface area contributed by atoms with Gasteiger partial charge in [0.15, 0.2) is 0 Å². The molecule has 1 heterocycles. The number of nitrogens with one attached hydrogen (secondary N) is 2. The number of carbonyl (C=O) groups is 1. The maximum atomic E-state index is 12.1. The predicted molar refractivity (Wildman–Crippen MR) is 73.4 cm³/mol. The first-order valence-electron chi connectivity index (χ1n) is 6.95. The average Bonchev–Trinajstić information content (AvgIpc) is 2.47. The van der Waals surface area contributed by atoms with E-state index in [1.807, 2.05) is 13.1 Å². The summed E-state index contributed by atoms with van der Waals surface area (Å²) >= 11 is 0. The molecular weight excluding hydrogens is 240 g/mol. The fraction of sp³-hybridized carbons (Fsp3) is 0.643. The van der Waals surface area contributed by atoms with Crippen LogP contribution < -0.4 is 10.6 Å². The number of rotatable bonds is 5. The van der Waals surface area contributed by atoms with Crippen molar-refractivity contribution >= 4 is 5.91 Å². The third-order valence-electron chi connectivity index (χ3n) is 3.95. The number of nitrogens with zero attached hydrogens (tertiary/aromatic N) is 2. The molecule has 1 amide bonds. The second kappa shape index (κ2) is 6.61. The van der Waals surface area contributed by atoms with Gasteiger partial charge in [-0.15, -0.1) is 0 Å². The fourth-order valence-corrected chi connectivity index (χ4v) is 2.73. The van der Waals surface area contributed by atoms with Crippen LogP contribution in [0.2, 0.25) is 0 Å². The van der Waals surface area contributed by atoms with E-state index in [-0.39, 0.29) is 11.4 Å². The highest BCUT2D eigenvalue weighted by molar-refractivity contribution is 5.77. The summed E-state index contributed by atoms with van der Waals surface area (Å²) in [6.07, 6.45) is 9.61. The Labute approximate surface area is 114 Å². The van der Waals surface area contributed by atoms with Crippen LogP contribution in [0.5, 0.6) is 0 Å². The summed E-state index contributed by atoms with van der Waals surface area (Å²) in [6.45, 7) is 0.473. The van der Waals surface area contributed by atoms with Crippen molar-refractivity contribution in [3.63, 3.8) is 0 Å². The van der Waals surface area contributed by atoms with E-state index in [1.165, 1.54) is 25.6 Å². The van der Waals surface area contributed by atoms with Crippen molar-refractivity contribution < 1.29 is 4.79 Å². The Bertz CT molecular complexity index is 401. The third-order valence-corrected chi connectivity index (χ3v) is 3.95. The molecule has 19 heavy (non-hydrogen) atoms. The molecule has 0 unspecified atom stereocenters. The highest BCUT2D eigenvalue weighted by Gasteiger charge is 2.32. The zero-order valence-corrected chi connectivity index (χ0v) is 11.5. The second-order valence-electron chi connectivity index (χ2n) is 5.25. The van der Waals surface area contributed by atoms with E-state index >= 15 is 0 Å². The Hall–Kier alpha value is -1.49. The van der Waals surface area contributed by atoms with Gasteiger partial charge < -0.3 is 10.6 Å². The number of amides is 1. The van der Waals surface area contributed by atoms with E-state index in [0.717, 1.165) is 18.5 Å². The monoisotopic (exact) mass is 262 g/mol. The lowest BCUT2D eigenvalue weighted by Crippen LogP contribution is -2.48. The average molecular weight is 262 g/mol. The summed E-state index contributed by atoms with van der Waals surface area (Å²) in [4.78, 5) is 20.0. The number of aromatic nitrogens is 2. The predicted octanol–water partition coefficient (Wildman–Crippen LogP) is 1.41. The van der Waals surface area contributed by atoms with Crippen molar-refractivity contribution in [2.75, 3.05) is 7.05 Å². The minimum Gasteiger partial charge on any atom is -0.350 e. The van der Waals surface area contributed by atoms with E-state index in [0.29, 0.717) is 13.0 Å². The van der Waals surface area contributed by atoms with Gasteiger partial charge in [-0.05, 0) is 26.0 Å². The molecule has 0 atom stereocenters. The van der Waals surface area contributed by atoms with Gasteiger partial charge in [0.05, 0.1) is 12.2 Å². The minimum absolute atomic E-state index is 0.00595. The third kappa shape index (κ3) is 3.99. The van der Waals surface area contributed by atoms with E-state index in [9.17, 15) is 4.79 Å². The van der Waals surface area contributed by atoms with Gasteiger partial charge >= 0.3 is 0 Å². The second-order valence-corrected chi connectivity index (χ2v) is 5.25. The Morgan fingerprint density at radius 1 is 1.37 bits per heavy atom. The normalized spacial score (nSPS) is 17.9. The molecule has 1 aromatic heterocycles. The highest BCUT2D eigenvalue weighted by Crippen LogP contribution is 2.30. The van der Waals surface area contributed by atoms with Crippen LogP contribution in [0.25, 0.3) is 0 Å². The number of hydrogen-bond donors (Lipinski definition) is 2. The van der Waals surface area contributed by atoms with Gasteiger partial charge in [0.2, 0.25) is 5.91 Å². The molecule has 0 spiro atoms. The molecule has 0 saturated heterocycles. The Morgan fingerprint density at radius 3 is 2.79 bits per heavy atom. The molecule has 0 bridgehead atoms. The van der Waals surface area contributed by atoms with Crippen LogP contribution in [0.4, 0.5) is 0 Å². The quantitative estimate of drug-likeness (QED) is 0.842. The molecule has 104 valence electrons. The molecule has 1 aromatic rings. The molecule has 0 radical (unpaired) electrons. The molecular formula is C14H22N4O. The minimum atomic E-state index is -0.00595. The van der Waals surface area contributed by atoms with E-state index in [2.05, 4.69) is 20.6 Å². The van der Waals surface area contributed by atoms with Crippen LogP contribution in [0.15, 0.2) is 18.6 Å². The molecule has 1 aliphatic rings. The molecule has 5 heteroatoms. The Morgan fingerprint density at radius 2 is 2.16 bits per heavy atom. The van der Waals surface area contributed by atoms with Crippen LogP contribution >= 0.6 is 0 Å². The summed E-state index contributed by atoms with van der Waals surface area (Å²) < 4.78 is 0. The summed E-state index contributed by atoms with van der Waals surface area (Å²) in [5, 5.41) is 6.30. The summed E-state index contributed by atoms with van der Waals surface area (Å²) in [5.41, 5.74) is 0.832. The molecule has 0 aliphatic heterocycles. The van der Waals surface area contributed by atoms with Gasteiger partial charge in [-0.2, -0.15) is 0 Å². The zero-order valence-electron chi connectivity index (χ0n) is 11.5. The topological polar surface area (TPSA) is 66.9 Å². The van der Waals surface area contributed by atoms with Crippen LogP contribution in [0.1, 0.15) is 44.2 Å². The first-order chi connectivity index (χ1) is 9.24. The summed E-state index contributed by atoms with van der Waals surface area (Å²) in [7, 11) is 1.96. The molecule has 1 aliphatic carbocycles. The van der Waals surface area contributed by atoms with Crippen molar-refractivity contribution in [3.8, 4) is 0 Å². The summed E-state index contributed by atoms with van der Waals surface area (Å²) in [5.74, 6) is 0.0925. The smallest absolute Gasteiger partial charge is 0.222 e. The summed E-state index contributed by atoms with van der Waals surface area (Å²) in [6, 6.07) is 1.81. The lowest BCUT2D eigenvalue weighted by Gasteiger charge is -2.36. The number of carbonyl (C=O) groups excluding carboxylic acids is 1. The van der Waals surface area contributed by atoms with Gasteiger partial charge in [-0.25, -0.2) is 9.97 Å². The van der Waals surface area contributed by atoms with Crippen molar-refractivity contribution in [1.82, 2.24) is 20.6 Å². The lowest BCUT2D eigenvalue weighted by molar-refractivity contribution is -0.123. The molecule has 0 aromatic carbocycles. The first kappa shape index (κ1) is 13.9. The van der Waals surface area contributed by atoms with Crippen molar-refractivity contribution in [3.05, 3.63) is 24.3 Å². The Balaban J connectivity index is 1.83. The Kier molecular flexibility index (Phi) is 4.85.